The first-order chi connectivity index (χ1) is 9.06. The molecule has 0 aliphatic carbocycles. The number of nitrogens with one attached hydrogen (secondary N) is 2. The molecule has 0 saturated heterocycles. The van der Waals surface area contributed by atoms with Crippen molar-refractivity contribution in [3.05, 3.63) is 52.5 Å². The summed E-state index contributed by atoms with van der Waals surface area (Å²) in [5, 5.41) is 5.95. The van der Waals surface area contributed by atoms with E-state index >= 15 is 0 Å². The van der Waals surface area contributed by atoms with Crippen LogP contribution in [0.5, 0.6) is 0 Å². The van der Waals surface area contributed by atoms with Crippen molar-refractivity contribution in [2.75, 3.05) is 16.4 Å². The standard InChI is InChI=1S/C13H11Cl2N3O/c14-8-6-10(15)12(11(16)7-8)18-13(19)17-9-4-2-1-3-5-9/h1-7H,16H2,(H2,17,18,19). The Kier molecular flexibility index (Phi) is 4.14. The second-order valence-electron chi connectivity index (χ2n) is 3.80. The van der Waals surface area contributed by atoms with Gasteiger partial charge in [-0.2, -0.15) is 0 Å². The second-order valence-corrected chi connectivity index (χ2v) is 4.64. The van der Waals surface area contributed by atoms with E-state index in [1.54, 1.807) is 12.1 Å². The van der Waals surface area contributed by atoms with E-state index < -0.39 is 6.03 Å². The van der Waals surface area contributed by atoms with E-state index in [0.717, 1.165) is 0 Å². The van der Waals surface area contributed by atoms with Gasteiger partial charge in [0.15, 0.2) is 0 Å². The molecule has 0 unspecified atom stereocenters. The van der Waals surface area contributed by atoms with Gasteiger partial charge in [-0.3, -0.25) is 0 Å². The minimum absolute atomic E-state index is 0.285. The van der Waals surface area contributed by atoms with Gasteiger partial charge >= 0.3 is 6.03 Å². The Morgan fingerprint density at radius 2 is 1.74 bits per heavy atom. The van der Waals surface area contributed by atoms with Gasteiger partial charge in [0, 0.05) is 10.7 Å². The van der Waals surface area contributed by atoms with Gasteiger partial charge in [-0.1, -0.05) is 41.4 Å². The fourth-order valence-electron chi connectivity index (χ4n) is 1.52. The van der Waals surface area contributed by atoms with Gasteiger partial charge in [-0.15, -0.1) is 0 Å². The molecule has 4 nitrogen and oxygen atoms in total. The van der Waals surface area contributed by atoms with Crippen LogP contribution < -0.4 is 16.4 Å². The lowest BCUT2D eigenvalue weighted by molar-refractivity contribution is 0.262. The second kappa shape index (κ2) is 5.82. The molecular weight excluding hydrogens is 285 g/mol. The smallest absolute Gasteiger partial charge is 0.323 e. The first-order valence-corrected chi connectivity index (χ1v) is 6.19. The molecule has 0 aromatic heterocycles. The molecule has 6 heteroatoms. The van der Waals surface area contributed by atoms with Crippen molar-refractivity contribution < 1.29 is 4.79 Å². The molecule has 0 aliphatic rings. The molecule has 19 heavy (non-hydrogen) atoms. The minimum Gasteiger partial charge on any atom is -0.397 e. The van der Waals surface area contributed by atoms with Crippen molar-refractivity contribution in [1.29, 1.82) is 0 Å². The molecule has 0 radical (unpaired) electrons. The number of carbonyl (C=O) groups excluding carboxylic acids is 1. The first kappa shape index (κ1) is 13.5. The van der Waals surface area contributed by atoms with Crippen LogP contribution >= 0.6 is 23.2 Å². The number of anilines is 3. The Hall–Kier alpha value is -1.91. The predicted octanol–water partition coefficient (Wildman–Crippen LogP) is 4.22. The highest BCUT2D eigenvalue weighted by Gasteiger charge is 2.10. The maximum absolute atomic E-state index is 11.8. The summed E-state index contributed by atoms with van der Waals surface area (Å²) in [6.07, 6.45) is 0. The summed E-state index contributed by atoms with van der Waals surface area (Å²) in [6.45, 7) is 0. The zero-order valence-corrected chi connectivity index (χ0v) is 11.3. The summed E-state index contributed by atoms with van der Waals surface area (Å²) in [7, 11) is 0. The summed E-state index contributed by atoms with van der Waals surface area (Å²) in [6, 6.07) is 11.6. The van der Waals surface area contributed by atoms with Crippen LogP contribution in [-0.4, -0.2) is 6.03 Å². The third-order valence-electron chi connectivity index (χ3n) is 2.36. The van der Waals surface area contributed by atoms with Crippen LogP contribution in [0.15, 0.2) is 42.5 Å². The molecule has 98 valence electrons. The zero-order chi connectivity index (χ0) is 13.8. The van der Waals surface area contributed by atoms with Gasteiger partial charge in [0.05, 0.1) is 16.4 Å². The Morgan fingerprint density at radius 3 is 2.37 bits per heavy atom. The summed E-state index contributed by atoms with van der Waals surface area (Å²) in [5.41, 5.74) is 7.06. The van der Waals surface area contributed by atoms with Crippen molar-refractivity contribution in [2.24, 2.45) is 0 Å². The van der Waals surface area contributed by atoms with Crippen LogP contribution in [0, 0.1) is 0 Å². The van der Waals surface area contributed by atoms with Crippen molar-refractivity contribution in [3.8, 4) is 0 Å². The van der Waals surface area contributed by atoms with Gasteiger partial charge < -0.3 is 16.4 Å². The number of urea groups is 1. The molecule has 2 amide bonds. The number of para-hydroxylation sites is 1. The highest BCUT2D eigenvalue weighted by atomic mass is 35.5. The van der Waals surface area contributed by atoms with Crippen LogP contribution in [0.25, 0.3) is 0 Å². The quantitative estimate of drug-likeness (QED) is 0.726. The van der Waals surface area contributed by atoms with E-state index in [2.05, 4.69) is 10.6 Å². The van der Waals surface area contributed by atoms with Gasteiger partial charge in [0.1, 0.15) is 0 Å². The monoisotopic (exact) mass is 295 g/mol. The zero-order valence-electron chi connectivity index (χ0n) is 9.78. The van der Waals surface area contributed by atoms with Crippen molar-refractivity contribution in [2.45, 2.75) is 0 Å². The topological polar surface area (TPSA) is 67.1 Å². The number of carbonyl (C=O) groups is 1. The molecule has 0 saturated carbocycles. The van der Waals surface area contributed by atoms with Crippen molar-refractivity contribution in [1.82, 2.24) is 0 Å². The normalized spacial score (nSPS) is 10.0. The largest absolute Gasteiger partial charge is 0.397 e. The molecule has 0 spiro atoms. The molecule has 0 aliphatic heterocycles. The van der Waals surface area contributed by atoms with E-state index in [9.17, 15) is 4.79 Å². The highest BCUT2D eigenvalue weighted by Crippen LogP contribution is 2.32. The first-order valence-electron chi connectivity index (χ1n) is 5.44. The highest BCUT2D eigenvalue weighted by molar-refractivity contribution is 6.37. The van der Waals surface area contributed by atoms with Crippen LogP contribution in [0.4, 0.5) is 21.9 Å². The number of hydrogen-bond donors (Lipinski definition) is 3. The minimum atomic E-state index is -0.429. The van der Waals surface area contributed by atoms with E-state index in [4.69, 9.17) is 28.9 Å². The summed E-state index contributed by atoms with van der Waals surface area (Å²) in [5.74, 6) is 0. The van der Waals surface area contributed by atoms with E-state index in [1.807, 2.05) is 18.2 Å². The lowest BCUT2D eigenvalue weighted by Crippen LogP contribution is -2.20. The maximum atomic E-state index is 11.8. The summed E-state index contributed by atoms with van der Waals surface area (Å²) >= 11 is 11.8. The number of benzene rings is 2. The fraction of sp³-hybridized carbons (Fsp3) is 0. The number of amides is 2. The molecular formula is C13H11Cl2N3O. The Bertz CT molecular complexity index is 579. The molecule has 0 bridgehead atoms. The molecule has 0 atom stereocenters. The van der Waals surface area contributed by atoms with Crippen LogP contribution in [0.1, 0.15) is 0 Å². The molecule has 0 heterocycles. The van der Waals surface area contributed by atoms with Gasteiger partial charge in [0.25, 0.3) is 0 Å². The van der Waals surface area contributed by atoms with Gasteiger partial charge in [-0.05, 0) is 24.3 Å². The van der Waals surface area contributed by atoms with Gasteiger partial charge in [-0.25, -0.2) is 4.79 Å². The van der Waals surface area contributed by atoms with Crippen LogP contribution in [0.3, 0.4) is 0 Å². The molecule has 2 aromatic rings. The van der Waals surface area contributed by atoms with Gasteiger partial charge in [0.2, 0.25) is 0 Å². The Morgan fingerprint density at radius 1 is 1.05 bits per heavy atom. The molecule has 2 rings (SSSR count). The third kappa shape index (κ3) is 3.53. The van der Waals surface area contributed by atoms with Crippen LogP contribution in [0.2, 0.25) is 10.0 Å². The number of halogens is 2. The average molecular weight is 296 g/mol. The Balaban J connectivity index is 2.12. The number of hydrogen-bond acceptors (Lipinski definition) is 2. The Labute approximate surface area is 120 Å². The molecule has 2 aromatic carbocycles. The van der Waals surface area contributed by atoms with Crippen molar-refractivity contribution >= 4 is 46.3 Å². The fourth-order valence-corrected chi connectivity index (χ4v) is 2.08. The van der Waals surface area contributed by atoms with E-state index in [0.29, 0.717) is 22.1 Å². The average Bonchev–Trinajstić information content (AvgIpc) is 2.35. The molecule has 4 N–H and O–H groups in total. The summed E-state index contributed by atoms with van der Waals surface area (Å²) in [4.78, 5) is 11.8. The molecule has 0 fully saturated rings. The lowest BCUT2D eigenvalue weighted by Gasteiger charge is -2.11. The van der Waals surface area contributed by atoms with E-state index in [1.165, 1.54) is 12.1 Å². The summed E-state index contributed by atoms with van der Waals surface area (Å²) < 4.78 is 0. The predicted molar refractivity (Wildman–Crippen MR) is 80.0 cm³/mol. The number of nitrogens with two attached hydrogens (primary N) is 1. The van der Waals surface area contributed by atoms with Crippen LogP contribution in [-0.2, 0) is 0 Å². The third-order valence-corrected chi connectivity index (χ3v) is 2.87. The van der Waals surface area contributed by atoms with E-state index in [-0.39, 0.29) is 5.02 Å². The lowest BCUT2D eigenvalue weighted by atomic mass is 10.2. The SMILES string of the molecule is Nc1cc(Cl)cc(Cl)c1NC(=O)Nc1ccccc1. The van der Waals surface area contributed by atoms with Crippen molar-refractivity contribution in [3.63, 3.8) is 0 Å². The maximum Gasteiger partial charge on any atom is 0.323 e. The number of nitrogen functional groups attached to an aromatic ring is 1. The number of rotatable bonds is 2.